The molecule has 2 N–H and O–H groups in total. The van der Waals surface area contributed by atoms with E-state index in [1.165, 1.54) is 6.20 Å². The highest BCUT2D eigenvalue weighted by molar-refractivity contribution is 6.36. The largest absolute Gasteiger partial charge is 0.461 e. The van der Waals surface area contributed by atoms with E-state index in [0.29, 0.717) is 72.8 Å². The van der Waals surface area contributed by atoms with E-state index in [-0.39, 0.29) is 47.2 Å². The summed E-state index contributed by atoms with van der Waals surface area (Å²) < 4.78 is 43.0. The molecule has 52 heavy (non-hydrogen) atoms. The van der Waals surface area contributed by atoms with Crippen molar-refractivity contribution in [3.8, 4) is 17.4 Å². The minimum atomic E-state index is -0.921. The van der Waals surface area contributed by atoms with Crippen molar-refractivity contribution in [2.24, 2.45) is 5.92 Å². The lowest BCUT2D eigenvalue weighted by molar-refractivity contribution is -0.131. The van der Waals surface area contributed by atoms with Crippen molar-refractivity contribution >= 4 is 50.8 Å². The van der Waals surface area contributed by atoms with Crippen molar-refractivity contribution in [1.82, 2.24) is 34.6 Å². The van der Waals surface area contributed by atoms with Gasteiger partial charge in [0, 0.05) is 82.9 Å². The molecule has 1 aromatic carbocycles. The summed E-state index contributed by atoms with van der Waals surface area (Å²) in [4.78, 5) is 39.3. The number of alkyl halides is 1. The Hall–Kier alpha value is -4.24. The maximum atomic E-state index is 16.8. The third kappa shape index (κ3) is 6.72. The van der Waals surface area contributed by atoms with E-state index < -0.39 is 17.5 Å². The molecular formula is C37H42ClF2N9O3. The maximum Gasteiger partial charge on any atom is 0.319 e. The summed E-state index contributed by atoms with van der Waals surface area (Å²) in [6, 6.07) is 7.00. The van der Waals surface area contributed by atoms with Gasteiger partial charge in [-0.1, -0.05) is 29.8 Å². The van der Waals surface area contributed by atoms with Crippen LogP contribution in [-0.4, -0.2) is 131 Å². The predicted octanol–water partition coefficient (Wildman–Crippen LogP) is 4.35. The second-order valence-electron chi connectivity index (χ2n) is 14.4. The molecule has 0 saturated carbocycles. The summed E-state index contributed by atoms with van der Waals surface area (Å²) >= 11 is 6.59. The van der Waals surface area contributed by atoms with E-state index in [9.17, 15) is 9.18 Å². The van der Waals surface area contributed by atoms with Crippen LogP contribution in [0.4, 0.5) is 20.4 Å². The number of hydrogen-bond acceptors (Lipinski definition) is 11. The molecule has 0 spiro atoms. The number of anilines is 2. The zero-order valence-corrected chi connectivity index (χ0v) is 29.9. The Morgan fingerprint density at radius 2 is 2.00 bits per heavy atom. The summed E-state index contributed by atoms with van der Waals surface area (Å²) in [5, 5.41) is 2.00. The van der Waals surface area contributed by atoms with Gasteiger partial charge in [0.25, 0.3) is 0 Å². The van der Waals surface area contributed by atoms with Crippen LogP contribution in [0, 0.1) is 11.7 Å². The number of ether oxygens (including phenoxy) is 2. The average Bonchev–Trinajstić information content (AvgIpc) is 3.64. The van der Waals surface area contributed by atoms with Crippen molar-refractivity contribution in [2.45, 2.75) is 31.0 Å². The fourth-order valence-corrected chi connectivity index (χ4v) is 8.45. The monoisotopic (exact) mass is 733 g/mol. The Kier molecular flexibility index (Phi) is 9.57. The third-order valence-corrected chi connectivity index (χ3v) is 11.1. The molecule has 12 nitrogen and oxygen atoms in total. The first-order chi connectivity index (χ1) is 25.2. The summed E-state index contributed by atoms with van der Waals surface area (Å²) in [5.41, 5.74) is 5.86. The van der Waals surface area contributed by atoms with Crippen LogP contribution < -0.4 is 15.4 Å². The molecule has 4 aliphatic heterocycles. The SMILES string of the molecule is CN(CC1CN(C(=O)/C=C/CN2CCOCC2)C1)c1nc(OC[C@@]23CCCN2C[C@H](F)C3)nc2c(F)c(-c3nc(N)cc4cccc(Cl)c34)ncc12. The number of aromatic nitrogens is 4. The van der Waals surface area contributed by atoms with Crippen LogP contribution in [0.15, 0.2) is 42.6 Å². The fourth-order valence-electron chi connectivity index (χ4n) is 8.18. The molecule has 4 fully saturated rings. The van der Waals surface area contributed by atoms with Gasteiger partial charge < -0.3 is 25.0 Å². The Labute approximate surface area is 305 Å². The number of nitrogen functional groups attached to an aromatic ring is 1. The number of hydrogen-bond donors (Lipinski definition) is 1. The number of carbonyl (C=O) groups excluding carboxylic acids is 1. The standard InChI is InChI=1S/C37H42ClF2N9O3/c1-46(18-23-19-48(20-23)29(50)7-3-9-47-11-13-51-14-12-47)35-26-17-42-34(33-30-24(15-28(41)43-33)5-2-6-27(30)38)31(40)32(26)44-36(45-35)52-22-37-8-4-10-49(37)21-25(39)16-37/h2-3,5-7,15,17,23,25H,4,8-14,16,18-22H2,1H3,(H2,41,43)/b7-3+/t25-,37+/m1/s1. The molecule has 0 unspecified atom stereocenters. The van der Waals surface area contributed by atoms with E-state index in [2.05, 4.69) is 24.8 Å². The number of carbonyl (C=O) groups is 1. The number of pyridine rings is 2. The van der Waals surface area contributed by atoms with E-state index in [1.54, 1.807) is 24.3 Å². The smallest absolute Gasteiger partial charge is 0.319 e. The van der Waals surface area contributed by atoms with Crippen molar-refractivity contribution in [2.75, 3.05) is 89.9 Å². The third-order valence-electron chi connectivity index (χ3n) is 10.8. The van der Waals surface area contributed by atoms with Crippen molar-refractivity contribution < 1.29 is 23.0 Å². The lowest BCUT2D eigenvalue weighted by atomic mass is 9.95. The van der Waals surface area contributed by atoms with E-state index in [1.807, 2.05) is 29.0 Å². The maximum absolute atomic E-state index is 16.8. The molecule has 7 heterocycles. The number of nitrogens with two attached hydrogens (primary N) is 1. The molecule has 1 amide bonds. The number of halogens is 3. The first-order valence-electron chi connectivity index (χ1n) is 17.9. The van der Waals surface area contributed by atoms with Gasteiger partial charge in [-0.2, -0.15) is 9.97 Å². The van der Waals surface area contributed by atoms with Gasteiger partial charge in [-0.05, 0) is 36.9 Å². The molecule has 2 atom stereocenters. The lowest BCUT2D eigenvalue weighted by Crippen LogP contribution is -2.53. The molecule has 15 heteroatoms. The first kappa shape index (κ1) is 34.8. The zero-order chi connectivity index (χ0) is 36.0. The van der Waals surface area contributed by atoms with Crippen molar-refractivity contribution in [3.63, 3.8) is 0 Å². The Bertz CT molecular complexity index is 2030. The van der Waals surface area contributed by atoms with E-state index in [0.717, 1.165) is 39.0 Å². The van der Waals surface area contributed by atoms with Gasteiger partial charge in [-0.25, -0.2) is 13.8 Å². The Balaban J connectivity index is 1.07. The fraction of sp³-hybridized carbons (Fsp3) is 0.486. The number of amides is 1. The molecule has 274 valence electrons. The van der Waals surface area contributed by atoms with E-state index in [4.69, 9.17) is 31.8 Å². The molecule has 4 aromatic rings. The summed E-state index contributed by atoms with van der Waals surface area (Å²) in [6.45, 7) is 6.99. The number of fused-ring (bicyclic) bond motifs is 3. The van der Waals surface area contributed by atoms with Gasteiger partial charge in [-0.15, -0.1) is 0 Å². The first-order valence-corrected chi connectivity index (χ1v) is 18.3. The molecule has 4 saturated heterocycles. The minimum Gasteiger partial charge on any atom is -0.461 e. The second-order valence-corrected chi connectivity index (χ2v) is 14.8. The van der Waals surface area contributed by atoms with Gasteiger partial charge in [0.15, 0.2) is 5.82 Å². The second kappa shape index (κ2) is 14.3. The molecule has 0 aliphatic carbocycles. The van der Waals surface area contributed by atoms with Crippen molar-refractivity contribution in [1.29, 1.82) is 0 Å². The summed E-state index contributed by atoms with van der Waals surface area (Å²) in [5.74, 6) is 0.0750. The van der Waals surface area contributed by atoms with E-state index >= 15 is 4.39 Å². The van der Waals surface area contributed by atoms with Crippen LogP contribution in [-0.2, 0) is 9.53 Å². The van der Waals surface area contributed by atoms with Crippen LogP contribution in [0.25, 0.3) is 33.1 Å². The van der Waals surface area contributed by atoms with Gasteiger partial charge in [-0.3, -0.25) is 19.6 Å². The number of nitrogens with zero attached hydrogens (tertiary/aromatic N) is 8. The number of benzene rings is 1. The summed E-state index contributed by atoms with van der Waals surface area (Å²) in [6.07, 6.45) is 6.33. The minimum absolute atomic E-state index is 0.00632. The zero-order valence-electron chi connectivity index (χ0n) is 29.1. The van der Waals surface area contributed by atoms with Crippen LogP contribution in [0.5, 0.6) is 6.01 Å². The molecule has 0 bridgehead atoms. The average molecular weight is 734 g/mol. The topological polar surface area (TPSA) is 126 Å². The van der Waals surface area contributed by atoms with Crippen LogP contribution in [0.1, 0.15) is 19.3 Å². The highest BCUT2D eigenvalue weighted by Gasteiger charge is 2.49. The molecule has 3 aromatic heterocycles. The quantitative estimate of drug-likeness (QED) is 0.234. The van der Waals surface area contributed by atoms with Crippen LogP contribution in [0.2, 0.25) is 5.02 Å². The number of morpholine rings is 1. The number of rotatable bonds is 10. The molecule has 8 rings (SSSR count). The van der Waals surface area contributed by atoms with Gasteiger partial charge in [0.1, 0.15) is 41.3 Å². The summed E-state index contributed by atoms with van der Waals surface area (Å²) in [7, 11) is 1.87. The van der Waals surface area contributed by atoms with Gasteiger partial charge in [0.2, 0.25) is 5.91 Å². The Morgan fingerprint density at radius 1 is 1.17 bits per heavy atom. The van der Waals surface area contributed by atoms with Gasteiger partial charge >= 0.3 is 6.01 Å². The highest BCUT2D eigenvalue weighted by Crippen LogP contribution is 2.41. The lowest BCUT2D eigenvalue weighted by Gasteiger charge is -2.40. The van der Waals surface area contributed by atoms with Crippen molar-refractivity contribution in [3.05, 3.63) is 53.5 Å². The predicted molar refractivity (Wildman–Crippen MR) is 196 cm³/mol. The highest BCUT2D eigenvalue weighted by atomic mass is 35.5. The normalized spacial score (nSPS) is 22.8. The number of likely N-dealkylation sites (tertiary alicyclic amines) is 1. The molecular weight excluding hydrogens is 692 g/mol. The molecule has 0 radical (unpaired) electrons. The van der Waals surface area contributed by atoms with Gasteiger partial charge in [0.05, 0.1) is 29.2 Å². The molecule has 4 aliphatic rings. The van der Waals surface area contributed by atoms with Crippen LogP contribution in [0.3, 0.4) is 0 Å². The van der Waals surface area contributed by atoms with Crippen LogP contribution >= 0.6 is 11.6 Å². The Morgan fingerprint density at radius 3 is 2.83 bits per heavy atom.